The number of nitrogens with one attached hydrogen (secondary N) is 1. The first-order valence-electron chi connectivity index (χ1n) is 6.02. The van der Waals surface area contributed by atoms with E-state index < -0.39 is 0 Å². The first-order chi connectivity index (χ1) is 8.72. The Morgan fingerprint density at radius 1 is 1.56 bits per heavy atom. The van der Waals surface area contributed by atoms with E-state index in [-0.39, 0.29) is 18.6 Å². The molecule has 1 aliphatic rings. The van der Waals surface area contributed by atoms with Gasteiger partial charge >= 0.3 is 0 Å². The molecule has 98 valence electrons. The minimum atomic E-state index is -0.00961. The Balaban J connectivity index is 2.21. The second-order valence-electron chi connectivity index (χ2n) is 4.30. The normalized spacial score (nSPS) is 20.2. The molecule has 1 aromatic rings. The van der Waals surface area contributed by atoms with Gasteiger partial charge in [0.15, 0.2) is 0 Å². The lowest BCUT2D eigenvalue weighted by Crippen LogP contribution is -2.50. The summed E-state index contributed by atoms with van der Waals surface area (Å²) in [5.41, 5.74) is 0.844. The minimum absolute atomic E-state index is 0.00961. The Morgan fingerprint density at radius 2 is 2.39 bits per heavy atom. The summed E-state index contributed by atoms with van der Waals surface area (Å²) >= 11 is 5.98. The molecule has 2 rings (SSSR count). The molecule has 0 aliphatic carbocycles. The summed E-state index contributed by atoms with van der Waals surface area (Å²) < 4.78 is 5.32. The highest BCUT2D eigenvalue weighted by molar-refractivity contribution is 6.30. The first kappa shape index (κ1) is 13.3. The molecule has 1 aliphatic heterocycles. The lowest BCUT2D eigenvalue weighted by molar-refractivity contribution is -0.127. The molecule has 0 aromatic heterocycles. The highest BCUT2D eigenvalue weighted by Gasteiger charge is 2.29. The van der Waals surface area contributed by atoms with Crippen molar-refractivity contribution in [2.24, 2.45) is 0 Å². The maximum Gasteiger partial charge on any atom is 0.253 e. The van der Waals surface area contributed by atoms with Gasteiger partial charge in [0.1, 0.15) is 6.61 Å². The van der Waals surface area contributed by atoms with E-state index in [1.807, 2.05) is 25.2 Å². The number of benzene rings is 1. The lowest BCUT2D eigenvalue weighted by Gasteiger charge is -2.35. The second-order valence-corrected chi connectivity index (χ2v) is 4.74. The van der Waals surface area contributed by atoms with Gasteiger partial charge in [0.25, 0.3) is 5.91 Å². The number of carbonyl (C=O) groups excluding carboxylic acids is 1. The zero-order valence-corrected chi connectivity index (χ0v) is 11.1. The number of carbonyl (C=O) groups is 1. The molecule has 0 radical (unpaired) electrons. The maximum atomic E-state index is 12.0. The van der Waals surface area contributed by atoms with Gasteiger partial charge in [-0.2, -0.15) is 0 Å². The molecule has 4 nitrogen and oxygen atoms in total. The van der Waals surface area contributed by atoms with Crippen molar-refractivity contribution in [2.45, 2.75) is 12.5 Å². The first-order valence-corrected chi connectivity index (χ1v) is 6.40. The predicted molar refractivity (Wildman–Crippen MR) is 72.1 cm³/mol. The second kappa shape index (κ2) is 6.18. The van der Waals surface area contributed by atoms with E-state index in [1.54, 1.807) is 11.0 Å². The Labute approximate surface area is 112 Å². The SMILES string of the molecule is CNCCC1COCC(=O)N1c1cccc(Cl)c1. The van der Waals surface area contributed by atoms with Crippen molar-refractivity contribution in [1.82, 2.24) is 5.32 Å². The van der Waals surface area contributed by atoms with Crippen LogP contribution in [0.1, 0.15) is 6.42 Å². The van der Waals surface area contributed by atoms with Crippen LogP contribution in [-0.2, 0) is 9.53 Å². The number of hydrogen-bond donors (Lipinski definition) is 1. The zero-order chi connectivity index (χ0) is 13.0. The summed E-state index contributed by atoms with van der Waals surface area (Å²) in [6, 6.07) is 7.45. The average Bonchev–Trinajstić information content (AvgIpc) is 2.36. The highest BCUT2D eigenvalue weighted by Crippen LogP contribution is 2.24. The third kappa shape index (κ3) is 3.02. The molecule has 1 heterocycles. The monoisotopic (exact) mass is 268 g/mol. The summed E-state index contributed by atoms with van der Waals surface area (Å²) in [6.45, 7) is 1.56. The van der Waals surface area contributed by atoms with Crippen LogP contribution in [0, 0.1) is 0 Å². The van der Waals surface area contributed by atoms with Crippen LogP contribution >= 0.6 is 11.6 Å². The van der Waals surface area contributed by atoms with E-state index >= 15 is 0 Å². The number of morpholine rings is 1. The summed E-state index contributed by atoms with van der Waals surface area (Å²) in [6.07, 6.45) is 0.856. The van der Waals surface area contributed by atoms with Crippen LogP contribution in [0.25, 0.3) is 0 Å². The third-order valence-corrected chi connectivity index (χ3v) is 3.22. The van der Waals surface area contributed by atoms with E-state index in [1.165, 1.54) is 0 Å². The van der Waals surface area contributed by atoms with Gasteiger partial charge in [-0.25, -0.2) is 0 Å². The van der Waals surface area contributed by atoms with Crippen molar-refractivity contribution in [3.8, 4) is 0 Å². The van der Waals surface area contributed by atoms with Crippen LogP contribution in [0.3, 0.4) is 0 Å². The number of hydrogen-bond acceptors (Lipinski definition) is 3. The summed E-state index contributed by atoms with van der Waals surface area (Å²) in [4.78, 5) is 13.8. The van der Waals surface area contributed by atoms with E-state index in [2.05, 4.69) is 5.32 Å². The van der Waals surface area contributed by atoms with Crippen molar-refractivity contribution in [1.29, 1.82) is 0 Å². The lowest BCUT2D eigenvalue weighted by atomic mass is 10.1. The van der Waals surface area contributed by atoms with E-state index in [9.17, 15) is 4.79 Å². The fraction of sp³-hybridized carbons (Fsp3) is 0.462. The minimum Gasteiger partial charge on any atom is -0.369 e. The van der Waals surface area contributed by atoms with Crippen LogP contribution in [0.4, 0.5) is 5.69 Å². The molecule has 0 saturated carbocycles. The van der Waals surface area contributed by atoms with Crippen LogP contribution in [0.2, 0.25) is 5.02 Å². The molecule has 1 amide bonds. The number of halogens is 1. The number of anilines is 1. The molecule has 1 fully saturated rings. The van der Waals surface area contributed by atoms with Gasteiger partial charge in [0.2, 0.25) is 0 Å². The molecule has 0 bridgehead atoms. The number of amides is 1. The van der Waals surface area contributed by atoms with Gasteiger partial charge in [-0.1, -0.05) is 17.7 Å². The standard InChI is InChI=1S/C13H17ClN2O2/c1-15-6-5-12-8-18-9-13(17)16(12)11-4-2-3-10(14)7-11/h2-4,7,12,15H,5-6,8-9H2,1H3. The van der Waals surface area contributed by atoms with Crippen molar-refractivity contribution in [3.63, 3.8) is 0 Å². The largest absolute Gasteiger partial charge is 0.369 e. The molecule has 1 N–H and O–H groups in total. The third-order valence-electron chi connectivity index (χ3n) is 2.98. The maximum absolute atomic E-state index is 12.0. The Morgan fingerprint density at radius 3 is 3.11 bits per heavy atom. The summed E-state index contributed by atoms with van der Waals surface area (Å²) in [7, 11) is 1.90. The van der Waals surface area contributed by atoms with Gasteiger partial charge in [-0.05, 0) is 38.2 Å². The van der Waals surface area contributed by atoms with Crippen LogP contribution in [0.5, 0.6) is 0 Å². The topological polar surface area (TPSA) is 41.6 Å². The Hall–Kier alpha value is -1.10. The van der Waals surface area contributed by atoms with E-state index in [0.717, 1.165) is 18.7 Å². The molecule has 1 unspecified atom stereocenters. The molecule has 1 saturated heterocycles. The molecule has 5 heteroatoms. The highest BCUT2D eigenvalue weighted by atomic mass is 35.5. The van der Waals surface area contributed by atoms with Crippen molar-refractivity contribution in [2.75, 3.05) is 31.7 Å². The van der Waals surface area contributed by atoms with Crippen LogP contribution in [-0.4, -0.2) is 38.8 Å². The van der Waals surface area contributed by atoms with Gasteiger partial charge in [0.05, 0.1) is 12.6 Å². The fourth-order valence-electron chi connectivity index (χ4n) is 2.13. The molecule has 1 atom stereocenters. The van der Waals surface area contributed by atoms with Crippen LogP contribution in [0.15, 0.2) is 24.3 Å². The average molecular weight is 269 g/mol. The molecular formula is C13H17ClN2O2. The smallest absolute Gasteiger partial charge is 0.253 e. The zero-order valence-electron chi connectivity index (χ0n) is 10.4. The predicted octanol–water partition coefficient (Wildman–Crippen LogP) is 1.68. The van der Waals surface area contributed by atoms with Crippen LogP contribution < -0.4 is 10.2 Å². The van der Waals surface area contributed by atoms with E-state index in [4.69, 9.17) is 16.3 Å². The van der Waals surface area contributed by atoms with Gasteiger partial charge in [0, 0.05) is 10.7 Å². The van der Waals surface area contributed by atoms with Gasteiger partial charge in [-0.3, -0.25) is 4.79 Å². The van der Waals surface area contributed by atoms with Crippen molar-refractivity contribution < 1.29 is 9.53 Å². The number of rotatable bonds is 4. The van der Waals surface area contributed by atoms with E-state index in [0.29, 0.717) is 11.6 Å². The Kier molecular flexibility index (Phi) is 4.58. The summed E-state index contributed by atoms with van der Waals surface area (Å²) in [5, 5.41) is 3.73. The number of ether oxygens (including phenoxy) is 1. The van der Waals surface area contributed by atoms with Crippen molar-refractivity contribution in [3.05, 3.63) is 29.3 Å². The van der Waals surface area contributed by atoms with Gasteiger partial charge < -0.3 is 15.0 Å². The quantitative estimate of drug-likeness (QED) is 0.903. The summed E-state index contributed by atoms with van der Waals surface area (Å²) in [5.74, 6) is -0.00961. The molecule has 1 aromatic carbocycles. The Bertz CT molecular complexity index is 425. The fourth-order valence-corrected chi connectivity index (χ4v) is 2.32. The molecule has 18 heavy (non-hydrogen) atoms. The van der Waals surface area contributed by atoms with Crippen molar-refractivity contribution >= 4 is 23.2 Å². The molecular weight excluding hydrogens is 252 g/mol. The van der Waals surface area contributed by atoms with Gasteiger partial charge in [-0.15, -0.1) is 0 Å². The molecule has 0 spiro atoms. The number of nitrogens with zero attached hydrogens (tertiary/aromatic N) is 1.